The summed E-state index contributed by atoms with van der Waals surface area (Å²) in [5.41, 5.74) is 5.23. The molecular formula is C47H55ClFN3O5. The zero-order valence-electron chi connectivity index (χ0n) is 33.4. The number of nitrogens with one attached hydrogen (secondary N) is 1. The highest BCUT2D eigenvalue weighted by atomic mass is 35.5. The van der Waals surface area contributed by atoms with E-state index < -0.39 is 11.5 Å². The maximum atomic E-state index is 13.3. The van der Waals surface area contributed by atoms with Crippen molar-refractivity contribution in [2.24, 2.45) is 11.8 Å². The van der Waals surface area contributed by atoms with E-state index in [1.807, 2.05) is 30.5 Å². The SMILES string of the molecule is C[C@@H](COc1ccnc2c1[C@H](C)CCC2)CC1Cc2ccc(OCCCC(=O)N(C)Cc3ccc(F)cc3)cc2C12CCC(Nc1cccc(Cl)c1)(C(=O)O)CC2. The number of carboxylic acids is 1. The number of anilines is 1. The first-order chi connectivity index (χ1) is 27.4. The van der Waals surface area contributed by atoms with Crippen LogP contribution in [0.2, 0.25) is 5.02 Å². The predicted molar refractivity (Wildman–Crippen MR) is 222 cm³/mol. The summed E-state index contributed by atoms with van der Waals surface area (Å²) in [5.74, 6) is 1.60. The van der Waals surface area contributed by atoms with Gasteiger partial charge in [-0.15, -0.1) is 0 Å². The Bertz CT molecular complexity index is 2050. The van der Waals surface area contributed by atoms with Gasteiger partial charge in [-0.3, -0.25) is 9.78 Å². The Labute approximate surface area is 341 Å². The first-order valence-corrected chi connectivity index (χ1v) is 20.9. The van der Waals surface area contributed by atoms with E-state index in [1.54, 1.807) is 36.2 Å². The van der Waals surface area contributed by atoms with Gasteiger partial charge in [0, 0.05) is 48.2 Å². The lowest BCUT2D eigenvalue weighted by molar-refractivity contribution is -0.144. The van der Waals surface area contributed by atoms with E-state index in [0.717, 1.165) is 49.2 Å². The molecule has 57 heavy (non-hydrogen) atoms. The van der Waals surface area contributed by atoms with E-state index in [4.69, 9.17) is 21.1 Å². The number of carbonyl (C=O) groups is 2. The molecule has 1 heterocycles. The highest BCUT2D eigenvalue weighted by molar-refractivity contribution is 6.30. The summed E-state index contributed by atoms with van der Waals surface area (Å²) < 4.78 is 26.2. The maximum Gasteiger partial charge on any atom is 0.329 e. The summed E-state index contributed by atoms with van der Waals surface area (Å²) in [4.78, 5) is 32.2. The molecule has 7 rings (SSSR count). The molecule has 8 nitrogen and oxygen atoms in total. The standard InChI is InChI=1S/C47H55ClFN3O5/c1-31(30-57-42-18-23-50-41-10-4-7-32(2)44(41)42)25-35-26-34-14-17-39(56-24-6-11-43(53)52(3)29-33-12-15-37(49)16-13-33)28-40(34)46(35)19-21-47(22-20-46,45(54)55)51-38-9-5-8-36(48)27-38/h5,8-9,12-18,23,27-28,31-32,35,51H,4,6-7,10-11,19-22,24-26,29-30H2,1-3H3,(H,54,55)/t31-,32-,35?,46?,47?/m1/s1. The number of pyridine rings is 1. The lowest BCUT2D eigenvalue weighted by atomic mass is 9.59. The largest absolute Gasteiger partial charge is 0.494 e. The number of hydrogen-bond acceptors (Lipinski definition) is 6. The molecule has 0 saturated heterocycles. The number of amides is 1. The molecular weight excluding hydrogens is 741 g/mol. The third-order valence-electron chi connectivity index (χ3n) is 12.8. The molecule has 4 aromatic rings. The molecule has 0 bridgehead atoms. The van der Waals surface area contributed by atoms with Crippen LogP contribution in [-0.2, 0) is 34.4 Å². The van der Waals surface area contributed by atoms with Gasteiger partial charge in [-0.2, -0.15) is 0 Å². The highest BCUT2D eigenvalue weighted by Gasteiger charge is 2.54. The minimum atomic E-state index is -1.11. The number of carboxylic acid groups (broad SMARTS) is 1. The third-order valence-corrected chi connectivity index (χ3v) is 13.1. The molecule has 0 aliphatic heterocycles. The lowest BCUT2D eigenvalue weighted by Crippen LogP contribution is -2.53. The smallest absolute Gasteiger partial charge is 0.329 e. The van der Waals surface area contributed by atoms with Crippen molar-refractivity contribution < 1.29 is 28.6 Å². The molecule has 1 amide bonds. The summed E-state index contributed by atoms with van der Waals surface area (Å²) in [5, 5.41) is 14.6. The number of aliphatic carboxylic acids is 1. The fourth-order valence-corrected chi connectivity index (χ4v) is 9.91. The molecule has 2 N–H and O–H groups in total. The van der Waals surface area contributed by atoms with Gasteiger partial charge in [-0.1, -0.05) is 49.7 Å². The number of hydrogen-bond donors (Lipinski definition) is 2. The Kier molecular flexibility index (Phi) is 12.4. The van der Waals surface area contributed by atoms with Crippen molar-refractivity contribution >= 4 is 29.2 Å². The number of halogens is 2. The van der Waals surface area contributed by atoms with E-state index >= 15 is 0 Å². The van der Waals surface area contributed by atoms with Crippen LogP contribution in [0, 0.1) is 17.7 Å². The summed E-state index contributed by atoms with van der Waals surface area (Å²) in [7, 11) is 1.76. The van der Waals surface area contributed by atoms with Gasteiger partial charge < -0.3 is 24.8 Å². The second-order valence-corrected chi connectivity index (χ2v) is 17.3. The molecule has 1 fully saturated rings. The number of aromatic nitrogens is 1. The molecule has 3 aliphatic rings. The number of fused-ring (bicyclic) bond motifs is 3. The molecule has 10 heteroatoms. The van der Waals surface area contributed by atoms with Gasteiger partial charge >= 0.3 is 5.97 Å². The number of rotatable bonds is 15. The fourth-order valence-electron chi connectivity index (χ4n) is 9.72. The second-order valence-electron chi connectivity index (χ2n) is 16.8. The number of carbonyl (C=O) groups excluding carboxylic acids is 1. The zero-order valence-corrected chi connectivity index (χ0v) is 34.1. The van der Waals surface area contributed by atoms with Crippen molar-refractivity contribution in [2.45, 2.75) is 108 Å². The Morgan fingerprint density at radius 2 is 1.84 bits per heavy atom. The molecule has 1 aromatic heterocycles. The van der Waals surface area contributed by atoms with E-state index in [0.29, 0.717) is 80.8 Å². The summed E-state index contributed by atoms with van der Waals surface area (Å²) in [6.07, 6.45) is 10.3. The van der Waals surface area contributed by atoms with Crippen molar-refractivity contribution in [3.8, 4) is 11.5 Å². The summed E-state index contributed by atoms with van der Waals surface area (Å²) >= 11 is 6.30. The lowest BCUT2D eigenvalue weighted by Gasteiger charge is -2.47. The van der Waals surface area contributed by atoms with Crippen LogP contribution >= 0.6 is 11.6 Å². The number of benzene rings is 3. The van der Waals surface area contributed by atoms with E-state index in [-0.39, 0.29) is 23.1 Å². The average molecular weight is 796 g/mol. The van der Waals surface area contributed by atoms with Crippen LogP contribution in [0.3, 0.4) is 0 Å². The highest BCUT2D eigenvalue weighted by Crippen LogP contribution is 2.57. The van der Waals surface area contributed by atoms with Crippen molar-refractivity contribution in [1.29, 1.82) is 0 Å². The van der Waals surface area contributed by atoms with Crippen LogP contribution in [0.25, 0.3) is 0 Å². The minimum Gasteiger partial charge on any atom is -0.494 e. The Balaban J connectivity index is 1.05. The normalized spacial score (nSPS) is 23.0. The van der Waals surface area contributed by atoms with Gasteiger partial charge in [0.25, 0.3) is 0 Å². The van der Waals surface area contributed by atoms with Gasteiger partial charge in [-0.05, 0) is 153 Å². The van der Waals surface area contributed by atoms with E-state index in [9.17, 15) is 19.1 Å². The number of ether oxygens (including phenoxy) is 2. The Hall–Kier alpha value is -4.63. The topological polar surface area (TPSA) is 101 Å². The van der Waals surface area contributed by atoms with Crippen LogP contribution in [-0.4, -0.2) is 52.7 Å². The van der Waals surface area contributed by atoms with Gasteiger partial charge in [0.05, 0.1) is 13.2 Å². The maximum absolute atomic E-state index is 13.3. The minimum absolute atomic E-state index is 0.00519. The van der Waals surface area contributed by atoms with Crippen LogP contribution in [0.1, 0.15) is 106 Å². The van der Waals surface area contributed by atoms with E-state index in [1.165, 1.54) is 34.5 Å². The monoisotopic (exact) mass is 795 g/mol. The first kappa shape index (κ1) is 40.6. The molecule has 1 unspecified atom stereocenters. The van der Waals surface area contributed by atoms with Gasteiger partial charge in [-0.25, -0.2) is 9.18 Å². The van der Waals surface area contributed by atoms with Crippen LogP contribution < -0.4 is 14.8 Å². The molecule has 0 radical (unpaired) electrons. The van der Waals surface area contributed by atoms with Crippen molar-refractivity contribution in [2.75, 3.05) is 25.6 Å². The van der Waals surface area contributed by atoms with Gasteiger partial charge in [0.1, 0.15) is 22.9 Å². The van der Waals surface area contributed by atoms with Crippen LogP contribution in [0.4, 0.5) is 10.1 Å². The molecule has 302 valence electrons. The molecule has 1 spiro atoms. The van der Waals surface area contributed by atoms with Gasteiger partial charge in [0.2, 0.25) is 5.91 Å². The summed E-state index contributed by atoms with van der Waals surface area (Å²) in [6, 6.07) is 21.9. The predicted octanol–water partition coefficient (Wildman–Crippen LogP) is 10.2. The number of nitrogens with zero attached hydrogens (tertiary/aromatic N) is 2. The first-order valence-electron chi connectivity index (χ1n) is 20.6. The number of aryl methyl sites for hydroxylation is 1. The second kappa shape index (κ2) is 17.5. The Morgan fingerprint density at radius 3 is 2.60 bits per heavy atom. The summed E-state index contributed by atoms with van der Waals surface area (Å²) in [6.45, 7) is 5.95. The van der Waals surface area contributed by atoms with Gasteiger partial charge in [0.15, 0.2) is 0 Å². The van der Waals surface area contributed by atoms with Crippen molar-refractivity contribution in [3.05, 3.63) is 118 Å². The quantitative estimate of drug-likeness (QED) is 0.116. The zero-order chi connectivity index (χ0) is 40.2. The fraction of sp³-hybridized carbons (Fsp3) is 0.468. The van der Waals surface area contributed by atoms with Crippen LogP contribution in [0.15, 0.2) is 79.0 Å². The molecule has 1 saturated carbocycles. The van der Waals surface area contributed by atoms with Crippen LogP contribution in [0.5, 0.6) is 11.5 Å². The molecule has 3 atom stereocenters. The third kappa shape index (κ3) is 9.09. The molecule has 3 aliphatic carbocycles. The van der Waals surface area contributed by atoms with Crippen molar-refractivity contribution in [3.63, 3.8) is 0 Å². The van der Waals surface area contributed by atoms with Crippen molar-refractivity contribution in [1.82, 2.24) is 9.88 Å². The molecule has 3 aromatic carbocycles. The Morgan fingerprint density at radius 1 is 1.05 bits per heavy atom. The van der Waals surface area contributed by atoms with E-state index in [2.05, 4.69) is 36.3 Å². The average Bonchev–Trinajstić information content (AvgIpc) is 3.48.